The second-order valence-corrected chi connectivity index (χ2v) is 8.09. The maximum atomic E-state index is 12.5. The predicted molar refractivity (Wildman–Crippen MR) is 95.8 cm³/mol. The Bertz CT molecular complexity index is 664. The van der Waals surface area contributed by atoms with Crippen molar-refractivity contribution < 1.29 is 14.3 Å². The van der Waals surface area contributed by atoms with E-state index in [1.165, 1.54) is 0 Å². The molecule has 0 bridgehead atoms. The van der Waals surface area contributed by atoms with Crippen molar-refractivity contribution in [1.82, 2.24) is 25.0 Å². The van der Waals surface area contributed by atoms with E-state index < -0.39 is 11.7 Å². The number of piperidine rings is 1. The van der Waals surface area contributed by atoms with Crippen molar-refractivity contribution in [2.75, 3.05) is 19.6 Å². The van der Waals surface area contributed by atoms with Crippen LogP contribution in [0.5, 0.6) is 0 Å². The van der Waals surface area contributed by atoms with Crippen LogP contribution in [0.25, 0.3) is 0 Å². The molecule has 0 saturated carbocycles. The van der Waals surface area contributed by atoms with Crippen LogP contribution in [-0.2, 0) is 22.5 Å². The van der Waals surface area contributed by atoms with E-state index >= 15 is 0 Å². The summed E-state index contributed by atoms with van der Waals surface area (Å²) in [6.07, 6.45) is 3.93. The molecular formula is C18H29N5O3. The van der Waals surface area contributed by atoms with Crippen LogP contribution in [0.4, 0.5) is 4.79 Å². The zero-order valence-corrected chi connectivity index (χ0v) is 16.0. The molecule has 8 nitrogen and oxygen atoms in total. The molecule has 1 atom stereocenters. The van der Waals surface area contributed by atoms with Crippen LogP contribution < -0.4 is 5.32 Å². The maximum absolute atomic E-state index is 12.5. The number of rotatable bonds is 4. The lowest BCUT2D eigenvalue weighted by molar-refractivity contribution is -0.132. The Labute approximate surface area is 154 Å². The van der Waals surface area contributed by atoms with Gasteiger partial charge in [0.25, 0.3) is 0 Å². The van der Waals surface area contributed by atoms with Crippen LogP contribution in [0.15, 0.2) is 0 Å². The zero-order valence-electron chi connectivity index (χ0n) is 16.0. The van der Waals surface area contributed by atoms with Gasteiger partial charge in [-0.3, -0.25) is 4.79 Å². The molecule has 144 valence electrons. The van der Waals surface area contributed by atoms with Crippen LogP contribution in [-0.4, -0.2) is 56.9 Å². The van der Waals surface area contributed by atoms with E-state index in [1.54, 1.807) is 0 Å². The van der Waals surface area contributed by atoms with Crippen LogP contribution >= 0.6 is 0 Å². The van der Waals surface area contributed by atoms with Crippen LogP contribution in [0.3, 0.4) is 0 Å². The highest BCUT2D eigenvalue weighted by atomic mass is 16.6. The van der Waals surface area contributed by atoms with Gasteiger partial charge in [0, 0.05) is 44.9 Å². The van der Waals surface area contributed by atoms with Gasteiger partial charge in [-0.05, 0) is 40.0 Å². The van der Waals surface area contributed by atoms with Crippen molar-refractivity contribution in [3.05, 3.63) is 11.6 Å². The molecule has 1 aromatic rings. The second kappa shape index (κ2) is 7.63. The molecule has 1 aromatic heterocycles. The maximum Gasteiger partial charge on any atom is 0.407 e. The lowest BCUT2D eigenvalue weighted by Crippen LogP contribution is -2.41. The minimum absolute atomic E-state index is 0.0620. The summed E-state index contributed by atoms with van der Waals surface area (Å²) in [6.45, 7) is 8.16. The summed E-state index contributed by atoms with van der Waals surface area (Å²) in [7, 11) is 0. The first kappa shape index (κ1) is 18.7. The third-order valence-electron chi connectivity index (χ3n) is 4.78. The monoisotopic (exact) mass is 363 g/mol. The Morgan fingerprint density at radius 1 is 1.23 bits per heavy atom. The number of fused-ring (bicyclic) bond motifs is 1. The van der Waals surface area contributed by atoms with Gasteiger partial charge in [-0.2, -0.15) is 0 Å². The van der Waals surface area contributed by atoms with Gasteiger partial charge in [0.2, 0.25) is 5.91 Å². The Balaban J connectivity index is 1.48. The van der Waals surface area contributed by atoms with E-state index in [2.05, 4.69) is 20.1 Å². The summed E-state index contributed by atoms with van der Waals surface area (Å²) >= 11 is 0. The highest BCUT2D eigenvalue weighted by Gasteiger charge is 2.30. The number of likely N-dealkylation sites (tertiary alicyclic amines) is 1. The number of amides is 2. The summed E-state index contributed by atoms with van der Waals surface area (Å²) in [5.74, 6) is 2.42. The van der Waals surface area contributed by atoms with Gasteiger partial charge in [-0.1, -0.05) is 0 Å². The molecule has 2 aliphatic rings. The van der Waals surface area contributed by atoms with E-state index in [9.17, 15) is 9.59 Å². The summed E-state index contributed by atoms with van der Waals surface area (Å²) in [4.78, 5) is 26.1. The molecule has 0 aliphatic carbocycles. The van der Waals surface area contributed by atoms with Crippen LogP contribution in [0.2, 0.25) is 0 Å². The molecule has 3 heterocycles. The standard InChI is InChI=1S/C18H29N5O3/c1-18(2,3)26-17(25)19-9-8-15(24)22-10-4-6-13(12-22)16-21-20-14-7-5-11-23(14)16/h13H,4-12H2,1-3H3,(H,19,25). The van der Waals surface area contributed by atoms with E-state index in [-0.39, 0.29) is 24.8 Å². The van der Waals surface area contributed by atoms with Gasteiger partial charge in [0.1, 0.15) is 17.2 Å². The number of ether oxygens (including phenoxy) is 1. The highest BCUT2D eigenvalue weighted by molar-refractivity contribution is 5.77. The summed E-state index contributed by atoms with van der Waals surface area (Å²) < 4.78 is 7.41. The smallest absolute Gasteiger partial charge is 0.407 e. The van der Waals surface area contributed by atoms with Crippen molar-refractivity contribution in [3.63, 3.8) is 0 Å². The summed E-state index contributed by atoms with van der Waals surface area (Å²) in [6, 6.07) is 0. The third-order valence-corrected chi connectivity index (χ3v) is 4.78. The second-order valence-electron chi connectivity index (χ2n) is 8.09. The fraction of sp³-hybridized carbons (Fsp3) is 0.778. The molecule has 3 rings (SSSR count). The average Bonchev–Trinajstić information content (AvgIpc) is 3.16. The molecular weight excluding hydrogens is 334 g/mol. The Morgan fingerprint density at radius 3 is 2.81 bits per heavy atom. The SMILES string of the molecule is CC(C)(C)OC(=O)NCCC(=O)N1CCCC(c2nnc3n2CCC3)C1. The minimum atomic E-state index is -0.535. The molecule has 1 saturated heterocycles. The first-order valence-corrected chi connectivity index (χ1v) is 9.50. The quantitative estimate of drug-likeness (QED) is 0.882. The topological polar surface area (TPSA) is 89.3 Å². The van der Waals surface area contributed by atoms with Gasteiger partial charge in [-0.15, -0.1) is 10.2 Å². The number of carbonyl (C=O) groups excluding carboxylic acids is 2. The highest BCUT2D eigenvalue weighted by Crippen LogP contribution is 2.28. The van der Waals surface area contributed by atoms with Crippen molar-refractivity contribution >= 4 is 12.0 Å². The largest absolute Gasteiger partial charge is 0.444 e. The van der Waals surface area contributed by atoms with Crippen molar-refractivity contribution in [1.29, 1.82) is 0 Å². The number of alkyl carbamates (subject to hydrolysis) is 1. The molecule has 1 fully saturated rings. The third kappa shape index (κ3) is 4.53. The fourth-order valence-corrected chi connectivity index (χ4v) is 3.63. The van der Waals surface area contributed by atoms with Gasteiger partial charge in [0.15, 0.2) is 0 Å². The van der Waals surface area contributed by atoms with Gasteiger partial charge >= 0.3 is 6.09 Å². The lowest BCUT2D eigenvalue weighted by atomic mass is 9.97. The first-order valence-electron chi connectivity index (χ1n) is 9.50. The molecule has 0 radical (unpaired) electrons. The average molecular weight is 363 g/mol. The van der Waals surface area contributed by atoms with Crippen LogP contribution in [0.1, 0.15) is 64.0 Å². The molecule has 0 aromatic carbocycles. The van der Waals surface area contributed by atoms with Crippen molar-refractivity contribution in [2.24, 2.45) is 0 Å². The fourth-order valence-electron chi connectivity index (χ4n) is 3.63. The molecule has 26 heavy (non-hydrogen) atoms. The number of aryl methyl sites for hydroxylation is 1. The van der Waals surface area contributed by atoms with Crippen molar-refractivity contribution in [3.8, 4) is 0 Å². The summed E-state index contributed by atoms with van der Waals surface area (Å²) in [5, 5.41) is 11.3. The van der Waals surface area contributed by atoms with Gasteiger partial charge in [0.05, 0.1) is 0 Å². The van der Waals surface area contributed by atoms with Crippen LogP contribution in [0, 0.1) is 0 Å². The number of carbonyl (C=O) groups is 2. The molecule has 1 unspecified atom stereocenters. The van der Waals surface area contributed by atoms with E-state index in [1.807, 2.05) is 25.7 Å². The van der Waals surface area contributed by atoms with E-state index in [0.717, 1.165) is 50.4 Å². The Hall–Kier alpha value is -2.12. The molecule has 2 aliphatic heterocycles. The number of nitrogens with zero attached hydrogens (tertiary/aromatic N) is 4. The normalized spacial score (nSPS) is 20.0. The Kier molecular flexibility index (Phi) is 5.48. The molecule has 8 heteroatoms. The Morgan fingerprint density at radius 2 is 2.04 bits per heavy atom. The summed E-state index contributed by atoms with van der Waals surface area (Å²) in [5.41, 5.74) is -0.535. The van der Waals surface area contributed by atoms with E-state index in [4.69, 9.17) is 4.74 Å². The number of hydrogen-bond donors (Lipinski definition) is 1. The zero-order chi connectivity index (χ0) is 18.7. The van der Waals surface area contributed by atoms with Crippen molar-refractivity contribution in [2.45, 2.75) is 70.9 Å². The lowest BCUT2D eigenvalue weighted by Gasteiger charge is -2.32. The van der Waals surface area contributed by atoms with E-state index in [0.29, 0.717) is 6.54 Å². The molecule has 0 spiro atoms. The van der Waals surface area contributed by atoms with Gasteiger partial charge in [-0.25, -0.2) is 4.79 Å². The predicted octanol–water partition coefficient (Wildman–Crippen LogP) is 1.85. The van der Waals surface area contributed by atoms with Gasteiger partial charge < -0.3 is 19.5 Å². The number of hydrogen-bond acceptors (Lipinski definition) is 5. The first-order chi connectivity index (χ1) is 12.3. The number of aromatic nitrogens is 3. The molecule has 1 N–H and O–H groups in total. The minimum Gasteiger partial charge on any atom is -0.444 e. The number of nitrogens with one attached hydrogen (secondary N) is 1. The molecule has 2 amide bonds.